The lowest BCUT2D eigenvalue weighted by atomic mass is 9.94. The minimum Gasteiger partial charge on any atom is -0.393 e. The summed E-state index contributed by atoms with van der Waals surface area (Å²) in [5.41, 5.74) is 0. The first-order valence-corrected chi connectivity index (χ1v) is 7.90. The molecule has 0 radical (unpaired) electrons. The summed E-state index contributed by atoms with van der Waals surface area (Å²) in [5.74, 6) is -0.651. The van der Waals surface area contributed by atoms with Crippen LogP contribution in [0.1, 0.15) is 25.7 Å². The number of benzene rings is 1. The zero-order valence-corrected chi connectivity index (χ0v) is 11.7. The van der Waals surface area contributed by atoms with E-state index in [4.69, 9.17) is 11.6 Å². The molecule has 0 aromatic heterocycles. The third-order valence-electron chi connectivity index (χ3n) is 3.22. The third kappa shape index (κ3) is 3.66. The molecule has 0 heterocycles. The topological polar surface area (TPSA) is 66.4 Å². The van der Waals surface area contributed by atoms with Crippen molar-refractivity contribution < 1.29 is 17.9 Å². The molecule has 0 atom stereocenters. The minimum atomic E-state index is -3.70. The van der Waals surface area contributed by atoms with E-state index in [0.717, 1.165) is 12.1 Å². The van der Waals surface area contributed by atoms with Crippen molar-refractivity contribution in [2.24, 2.45) is 0 Å². The average molecular weight is 308 g/mol. The highest BCUT2D eigenvalue weighted by molar-refractivity contribution is 7.89. The van der Waals surface area contributed by atoms with Crippen molar-refractivity contribution in [3.8, 4) is 0 Å². The maximum absolute atomic E-state index is 13.0. The largest absolute Gasteiger partial charge is 0.393 e. The van der Waals surface area contributed by atoms with Gasteiger partial charge in [0.15, 0.2) is 0 Å². The highest BCUT2D eigenvalue weighted by Crippen LogP contribution is 2.23. The maximum atomic E-state index is 13.0. The lowest BCUT2D eigenvalue weighted by molar-refractivity contribution is 0.120. The molecule has 2 rings (SSSR count). The SMILES string of the molecule is O=S(=O)(NC1CCC(O)CC1)c1ccc(F)c(Cl)c1. The molecule has 2 N–H and O–H groups in total. The normalized spacial score (nSPS) is 24.4. The van der Waals surface area contributed by atoms with Gasteiger partial charge in [-0.25, -0.2) is 17.5 Å². The average Bonchev–Trinajstić information content (AvgIpc) is 2.35. The van der Waals surface area contributed by atoms with Crippen LogP contribution in [0.4, 0.5) is 4.39 Å². The van der Waals surface area contributed by atoms with Gasteiger partial charge in [-0.15, -0.1) is 0 Å². The minimum absolute atomic E-state index is 0.0509. The lowest BCUT2D eigenvalue weighted by Gasteiger charge is -2.26. The molecular weight excluding hydrogens is 293 g/mol. The van der Waals surface area contributed by atoms with E-state index in [0.29, 0.717) is 25.7 Å². The number of halogens is 2. The maximum Gasteiger partial charge on any atom is 0.240 e. The van der Waals surface area contributed by atoms with Crippen LogP contribution in [0.5, 0.6) is 0 Å². The quantitative estimate of drug-likeness (QED) is 0.898. The second-order valence-corrected chi connectivity index (χ2v) is 6.82. The second-order valence-electron chi connectivity index (χ2n) is 4.70. The van der Waals surface area contributed by atoms with Crippen LogP contribution in [0.25, 0.3) is 0 Å². The molecule has 7 heteroatoms. The molecule has 4 nitrogen and oxygen atoms in total. The summed E-state index contributed by atoms with van der Waals surface area (Å²) >= 11 is 5.58. The number of hydrogen-bond acceptors (Lipinski definition) is 3. The second kappa shape index (κ2) is 5.75. The fraction of sp³-hybridized carbons (Fsp3) is 0.500. The molecule has 106 valence electrons. The van der Waals surface area contributed by atoms with E-state index in [2.05, 4.69) is 4.72 Å². The van der Waals surface area contributed by atoms with Crippen LogP contribution < -0.4 is 4.72 Å². The van der Waals surface area contributed by atoms with Gasteiger partial charge in [-0.1, -0.05) is 11.6 Å². The Bertz CT molecular complexity index is 556. The van der Waals surface area contributed by atoms with Crippen LogP contribution in [0, 0.1) is 5.82 Å². The predicted molar refractivity (Wildman–Crippen MR) is 70.0 cm³/mol. The van der Waals surface area contributed by atoms with Crippen LogP contribution in [-0.2, 0) is 10.0 Å². The summed E-state index contributed by atoms with van der Waals surface area (Å²) < 4.78 is 39.8. The Hall–Kier alpha value is -0.690. The number of hydrogen-bond donors (Lipinski definition) is 2. The van der Waals surface area contributed by atoms with E-state index in [1.165, 1.54) is 6.07 Å². The van der Waals surface area contributed by atoms with Gasteiger partial charge in [-0.2, -0.15) is 0 Å². The van der Waals surface area contributed by atoms with E-state index < -0.39 is 15.8 Å². The predicted octanol–water partition coefficient (Wildman–Crippen LogP) is 2.06. The zero-order valence-electron chi connectivity index (χ0n) is 10.1. The molecule has 0 bridgehead atoms. The van der Waals surface area contributed by atoms with E-state index in [1.54, 1.807) is 0 Å². The van der Waals surface area contributed by atoms with Crippen LogP contribution >= 0.6 is 11.6 Å². The molecule has 1 fully saturated rings. The summed E-state index contributed by atoms with van der Waals surface area (Å²) in [4.78, 5) is -0.0509. The van der Waals surface area contributed by atoms with Crippen molar-refractivity contribution >= 4 is 21.6 Å². The fourth-order valence-electron chi connectivity index (χ4n) is 2.13. The molecule has 19 heavy (non-hydrogen) atoms. The Balaban J connectivity index is 2.11. The van der Waals surface area contributed by atoms with Gasteiger partial charge in [0.2, 0.25) is 10.0 Å². The summed E-state index contributed by atoms with van der Waals surface area (Å²) in [7, 11) is -3.70. The number of sulfonamides is 1. The number of aliphatic hydroxyl groups is 1. The zero-order chi connectivity index (χ0) is 14.0. The standard InChI is InChI=1S/C12H15ClFNO3S/c13-11-7-10(5-6-12(11)14)19(17,18)15-8-1-3-9(16)4-2-8/h5-9,15-16H,1-4H2. The molecule has 1 saturated carbocycles. The van der Waals surface area contributed by atoms with Gasteiger partial charge in [0, 0.05) is 6.04 Å². The highest BCUT2D eigenvalue weighted by Gasteiger charge is 2.25. The summed E-state index contributed by atoms with van der Waals surface area (Å²) in [5, 5.41) is 9.15. The molecule has 0 saturated heterocycles. The van der Waals surface area contributed by atoms with Gasteiger partial charge in [0.25, 0.3) is 0 Å². The Morgan fingerprint density at radius 3 is 2.47 bits per heavy atom. The van der Waals surface area contributed by atoms with Crippen molar-refractivity contribution in [3.05, 3.63) is 29.0 Å². The molecule has 0 unspecified atom stereocenters. The van der Waals surface area contributed by atoms with Gasteiger partial charge >= 0.3 is 0 Å². The molecule has 1 aliphatic rings. The van der Waals surface area contributed by atoms with E-state index >= 15 is 0 Å². The van der Waals surface area contributed by atoms with Gasteiger partial charge < -0.3 is 5.11 Å². The first-order chi connectivity index (χ1) is 8.88. The number of nitrogens with one attached hydrogen (secondary N) is 1. The summed E-state index contributed by atoms with van der Waals surface area (Å²) in [6.07, 6.45) is 2.00. The highest BCUT2D eigenvalue weighted by atomic mass is 35.5. The Labute approximate surface area is 116 Å². The molecule has 1 aromatic carbocycles. The Morgan fingerprint density at radius 1 is 1.26 bits per heavy atom. The van der Waals surface area contributed by atoms with Gasteiger partial charge in [0.1, 0.15) is 5.82 Å². The molecular formula is C12H15ClFNO3S. The smallest absolute Gasteiger partial charge is 0.240 e. The van der Waals surface area contributed by atoms with E-state index in [1.807, 2.05) is 0 Å². The van der Waals surface area contributed by atoms with Crippen molar-refractivity contribution in [3.63, 3.8) is 0 Å². The number of rotatable bonds is 3. The molecule has 0 spiro atoms. The van der Waals surface area contributed by atoms with Crippen LogP contribution in [0.2, 0.25) is 5.02 Å². The molecule has 1 aliphatic carbocycles. The third-order valence-corrected chi connectivity index (χ3v) is 5.03. The first kappa shape index (κ1) is 14.7. The van der Waals surface area contributed by atoms with Crippen LogP contribution in [0.15, 0.2) is 23.1 Å². The van der Waals surface area contributed by atoms with Crippen LogP contribution in [-0.4, -0.2) is 25.7 Å². The molecule has 0 aliphatic heterocycles. The van der Waals surface area contributed by atoms with E-state index in [9.17, 15) is 17.9 Å². The van der Waals surface area contributed by atoms with Crippen molar-refractivity contribution in [2.75, 3.05) is 0 Å². The van der Waals surface area contributed by atoms with Gasteiger partial charge in [-0.3, -0.25) is 0 Å². The van der Waals surface area contributed by atoms with E-state index in [-0.39, 0.29) is 22.1 Å². The molecule has 0 amide bonds. The first-order valence-electron chi connectivity index (χ1n) is 6.04. The lowest BCUT2D eigenvalue weighted by Crippen LogP contribution is -2.38. The van der Waals surface area contributed by atoms with Crippen molar-refractivity contribution in [1.29, 1.82) is 0 Å². The van der Waals surface area contributed by atoms with Crippen molar-refractivity contribution in [1.82, 2.24) is 4.72 Å². The summed E-state index contributed by atoms with van der Waals surface area (Å²) in [6, 6.07) is 3.11. The van der Waals surface area contributed by atoms with Crippen LogP contribution in [0.3, 0.4) is 0 Å². The fourth-order valence-corrected chi connectivity index (χ4v) is 3.70. The number of aliphatic hydroxyl groups excluding tert-OH is 1. The Kier molecular flexibility index (Phi) is 4.45. The van der Waals surface area contributed by atoms with Crippen molar-refractivity contribution in [2.45, 2.75) is 42.7 Å². The Morgan fingerprint density at radius 2 is 1.89 bits per heavy atom. The van der Waals surface area contributed by atoms with Gasteiger partial charge in [-0.05, 0) is 43.9 Å². The monoisotopic (exact) mass is 307 g/mol. The summed E-state index contributed by atoms with van der Waals surface area (Å²) in [6.45, 7) is 0. The molecule has 1 aromatic rings. The van der Waals surface area contributed by atoms with Gasteiger partial charge in [0.05, 0.1) is 16.0 Å².